The second kappa shape index (κ2) is 7.90. The summed E-state index contributed by atoms with van der Waals surface area (Å²) in [7, 11) is -3.91. The van der Waals surface area contributed by atoms with Gasteiger partial charge in [0, 0.05) is 19.3 Å². The van der Waals surface area contributed by atoms with Gasteiger partial charge in [-0.05, 0) is 18.2 Å². The minimum Gasteiger partial charge on any atom is -0.368 e. The summed E-state index contributed by atoms with van der Waals surface area (Å²) < 4.78 is 64.3. The van der Waals surface area contributed by atoms with Gasteiger partial charge in [-0.25, -0.2) is 18.1 Å². The van der Waals surface area contributed by atoms with E-state index in [4.69, 9.17) is 16.9 Å². The van der Waals surface area contributed by atoms with Crippen LogP contribution in [0, 0.1) is 11.3 Å². The van der Waals surface area contributed by atoms with Gasteiger partial charge < -0.3 is 5.32 Å². The van der Waals surface area contributed by atoms with E-state index in [1.54, 1.807) is 6.07 Å². The van der Waals surface area contributed by atoms with E-state index in [9.17, 15) is 21.6 Å². The molecule has 0 aliphatic carbocycles. The van der Waals surface area contributed by atoms with Gasteiger partial charge in [0.25, 0.3) is 0 Å². The average molecular weight is 405 g/mol. The summed E-state index contributed by atoms with van der Waals surface area (Å²) in [5, 5.41) is 11.4. The molecule has 0 amide bonds. The minimum absolute atomic E-state index is 0.000379. The molecule has 0 fully saturated rings. The summed E-state index contributed by atoms with van der Waals surface area (Å²) in [4.78, 5) is 3.42. The fourth-order valence-electron chi connectivity index (χ4n) is 1.96. The van der Waals surface area contributed by atoms with Gasteiger partial charge in [0.1, 0.15) is 11.9 Å². The number of sulfonamides is 1. The van der Waals surface area contributed by atoms with E-state index in [-0.39, 0.29) is 34.4 Å². The van der Waals surface area contributed by atoms with Crippen LogP contribution in [-0.4, -0.2) is 26.5 Å². The fraction of sp³-hybridized carbons (Fsp3) is 0.200. The molecule has 1 heterocycles. The summed E-state index contributed by atoms with van der Waals surface area (Å²) >= 11 is 5.74. The van der Waals surface area contributed by atoms with E-state index >= 15 is 0 Å². The third-order valence-electron chi connectivity index (χ3n) is 3.18. The molecule has 2 aromatic rings. The van der Waals surface area contributed by atoms with Crippen molar-refractivity contribution in [1.82, 2.24) is 9.71 Å². The lowest BCUT2D eigenvalue weighted by Gasteiger charge is -2.12. The van der Waals surface area contributed by atoms with Gasteiger partial charge in [-0.2, -0.15) is 18.4 Å². The summed E-state index contributed by atoms with van der Waals surface area (Å²) in [5.41, 5.74) is -0.984. The van der Waals surface area contributed by atoms with Gasteiger partial charge in [0.2, 0.25) is 10.0 Å². The largest absolute Gasteiger partial charge is 0.417 e. The zero-order chi connectivity index (χ0) is 19.4. The minimum atomic E-state index is -4.56. The Morgan fingerprint density at radius 1 is 1.23 bits per heavy atom. The van der Waals surface area contributed by atoms with Crippen molar-refractivity contribution >= 4 is 27.4 Å². The van der Waals surface area contributed by atoms with Crippen molar-refractivity contribution in [1.29, 1.82) is 5.26 Å². The first-order chi connectivity index (χ1) is 12.1. The van der Waals surface area contributed by atoms with Crippen molar-refractivity contribution < 1.29 is 21.6 Å². The molecule has 0 aliphatic heterocycles. The Balaban J connectivity index is 1.98. The average Bonchev–Trinajstić information content (AvgIpc) is 2.58. The summed E-state index contributed by atoms with van der Waals surface area (Å²) in [5.74, 6) is -0.00344. The molecule has 0 saturated carbocycles. The number of hydrogen-bond donors (Lipinski definition) is 2. The standard InChI is InChI=1S/C15H12ClF3N4O2S/c16-12-7-11(15(17,18)19)9-22-14(12)21-5-6-23-26(24,25)13-4-2-1-3-10(13)8-20/h1-4,7,9,23H,5-6H2,(H,21,22). The second-order valence-electron chi connectivity index (χ2n) is 4.98. The molecule has 0 spiro atoms. The van der Waals surface area contributed by atoms with E-state index in [0.717, 1.165) is 6.07 Å². The molecule has 6 nitrogen and oxygen atoms in total. The summed E-state index contributed by atoms with van der Waals surface area (Å²) in [6, 6.07) is 8.21. The lowest BCUT2D eigenvalue weighted by atomic mass is 10.2. The van der Waals surface area contributed by atoms with Crippen molar-refractivity contribution in [3.63, 3.8) is 0 Å². The third-order valence-corrected chi connectivity index (χ3v) is 4.98. The number of rotatable bonds is 6. The van der Waals surface area contributed by atoms with Crippen LogP contribution in [0.25, 0.3) is 0 Å². The molecule has 2 N–H and O–H groups in total. The van der Waals surface area contributed by atoms with E-state index in [1.165, 1.54) is 24.3 Å². The highest BCUT2D eigenvalue weighted by Gasteiger charge is 2.31. The lowest BCUT2D eigenvalue weighted by Crippen LogP contribution is -2.29. The molecule has 11 heteroatoms. The van der Waals surface area contributed by atoms with Crippen LogP contribution in [-0.2, 0) is 16.2 Å². The maximum atomic E-state index is 12.5. The Kier molecular flexibility index (Phi) is 6.07. The number of hydrogen-bond acceptors (Lipinski definition) is 5. The number of aromatic nitrogens is 1. The predicted octanol–water partition coefficient (Wildman–Crippen LogP) is 3.02. The SMILES string of the molecule is N#Cc1ccccc1S(=O)(=O)NCCNc1ncc(C(F)(F)F)cc1Cl. The van der Waals surface area contributed by atoms with Crippen molar-refractivity contribution in [2.24, 2.45) is 0 Å². The number of nitrogens with one attached hydrogen (secondary N) is 2. The van der Waals surface area contributed by atoms with Crippen LogP contribution in [0.5, 0.6) is 0 Å². The molecule has 0 saturated heterocycles. The Morgan fingerprint density at radius 2 is 1.92 bits per heavy atom. The van der Waals surface area contributed by atoms with Gasteiger partial charge in [-0.15, -0.1) is 0 Å². The third kappa shape index (κ3) is 4.85. The zero-order valence-corrected chi connectivity index (χ0v) is 14.6. The molecule has 1 aromatic carbocycles. The van der Waals surface area contributed by atoms with Gasteiger partial charge in [-0.3, -0.25) is 0 Å². The molecule has 0 bridgehead atoms. The highest BCUT2D eigenvalue weighted by molar-refractivity contribution is 7.89. The van der Waals surface area contributed by atoms with Crippen LogP contribution in [0.2, 0.25) is 5.02 Å². The number of benzene rings is 1. The first-order valence-corrected chi connectivity index (χ1v) is 8.96. The van der Waals surface area contributed by atoms with Crippen LogP contribution in [0.3, 0.4) is 0 Å². The van der Waals surface area contributed by atoms with Gasteiger partial charge >= 0.3 is 6.18 Å². The molecule has 0 unspecified atom stereocenters. The first-order valence-electron chi connectivity index (χ1n) is 7.10. The van der Waals surface area contributed by atoms with Gasteiger partial charge in [0.15, 0.2) is 0 Å². The molecule has 0 aliphatic rings. The number of halogens is 4. The highest BCUT2D eigenvalue weighted by atomic mass is 35.5. The summed E-state index contributed by atoms with van der Waals surface area (Å²) in [6.07, 6.45) is -3.93. The predicted molar refractivity (Wildman–Crippen MR) is 89.1 cm³/mol. The molecular weight excluding hydrogens is 393 g/mol. The zero-order valence-electron chi connectivity index (χ0n) is 13.0. The van der Waals surface area contributed by atoms with Gasteiger partial charge in [-0.1, -0.05) is 23.7 Å². The lowest BCUT2D eigenvalue weighted by molar-refractivity contribution is -0.137. The molecule has 1 aromatic heterocycles. The van der Waals surface area contributed by atoms with Crippen LogP contribution in [0.15, 0.2) is 41.4 Å². The Morgan fingerprint density at radius 3 is 2.54 bits per heavy atom. The summed E-state index contributed by atoms with van der Waals surface area (Å²) in [6.45, 7) is -0.0762. The van der Waals surface area contributed by atoms with Crippen LogP contribution >= 0.6 is 11.6 Å². The van der Waals surface area contributed by atoms with Crippen molar-refractivity contribution in [2.45, 2.75) is 11.1 Å². The Labute approximate surface area is 152 Å². The van der Waals surface area contributed by atoms with E-state index < -0.39 is 21.8 Å². The quantitative estimate of drug-likeness (QED) is 0.722. The number of nitriles is 1. The van der Waals surface area contributed by atoms with Crippen molar-refractivity contribution in [3.8, 4) is 6.07 Å². The van der Waals surface area contributed by atoms with E-state index in [0.29, 0.717) is 6.20 Å². The Hall–Kier alpha value is -2.35. The number of pyridine rings is 1. The normalized spacial score (nSPS) is 11.8. The van der Waals surface area contributed by atoms with Crippen molar-refractivity contribution in [2.75, 3.05) is 18.4 Å². The smallest absolute Gasteiger partial charge is 0.368 e. The fourth-order valence-corrected chi connectivity index (χ4v) is 3.38. The number of alkyl halides is 3. The topological polar surface area (TPSA) is 94.9 Å². The molecule has 138 valence electrons. The highest BCUT2D eigenvalue weighted by Crippen LogP contribution is 2.32. The van der Waals surface area contributed by atoms with Gasteiger partial charge in [0.05, 0.1) is 21.0 Å². The van der Waals surface area contributed by atoms with Crippen LogP contribution < -0.4 is 10.0 Å². The van der Waals surface area contributed by atoms with Crippen LogP contribution in [0.1, 0.15) is 11.1 Å². The van der Waals surface area contributed by atoms with Crippen LogP contribution in [0.4, 0.5) is 19.0 Å². The molecule has 0 radical (unpaired) electrons. The second-order valence-corrected chi connectivity index (χ2v) is 7.13. The maximum Gasteiger partial charge on any atom is 0.417 e. The Bertz CT molecular complexity index is 943. The molecule has 2 rings (SSSR count). The van der Waals surface area contributed by atoms with E-state index in [2.05, 4.69) is 15.0 Å². The first kappa shape index (κ1) is 20.0. The maximum absolute atomic E-state index is 12.5. The molecule has 26 heavy (non-hydrogen) atoms. The number of anilines is 1. The van der Waals surface area contributed by atoms with Crippen molar-refractivity contribution in [3.05, 3.63) is 52.7 Å². The van der Waals surface area contributed by atoms with E-state index in [1.807, 2.05) is 0 Å². The number of nitrogens with zero attached hydrogens (tertiary/aromatic N) is 2. The monoisotopic (exact) mass is 404 g/mol. The molecule has 0 atom stereocenters. The molecular formula is C15H12ClF3N4O2S.